The van der Waals surface area contributed by atoms with E-state index >= 15 is 0 Å². The van der Waals surface area contributed by atoms with E-state index in [2.05, 4.69) is 11.9 Å². The molecule has 3 aliphatic rings. The van der Waals surface area contributed by atoms with Crippen molar-refractivity contribution in [1.29, 1.82) is 0 Å². The van der Waals surface area contributed by atoms with Crippen LogP contribution in [0.1, 0.15) is 13.3 Å². The second-order valence-electron chi connectivity index (χ2n) is 5.38. The lowest BCUT2D eigenvalue weighted by Gasteiger charge is -2.21. The average Bonchev–Trinajstić information content (AvgIpc) is 2.96. The van der Waals surface area contributed by atoms with E-state index in [0.29, 0.717) is 6.42 Å². The van der Waals surface area contributed by atoms with Gasteiger partial charge in [-0.2, -0.15) is 8.42 Å². The van der Waals surface area contributed by atoms with Gasteiger partial charge < -0.3 is 14.8 Å². The van der Waals surface area contributed by atoms with E-state index in [9.17, 15) is 18.0 Å². The zero-order valence-electron chi connectivity index (χ0n) is 11.3. The number of fused-ring (bicyclic) bond motifs is 1. The van der Waals surface area contributed by atoms with Gasteiger partial charge in [0.05, 0.1) is 6.10 Å². The van der Waals surface area contributed by atoms with Crippen molar-refractivity contribution in [1.82, 2.24) is 5.32 Å². The zero-order valence-corrected chi connectivity index (χ0v) is 12.1. The Balaban J connectivity index is 1.62. The molecule has 0 spiro atoms. The lowest BCUT2D eigenvalue weighted by Crippen LogP contribution is -2.44. The molecule has 0 radical (unpaired) electrons. The maximum atomic E-state index is 11.9. The maximum absolute atomic E-state index is 11.9. The Kier molecular flexibility index (Phi) is 3.30. The molecule has 0 aromatic carbocycles. The topological polar surface area (TPSA) is 108 Å². The Labute approximate surface area is 121 Å². The molecule has 0 aromatic rings. The van der Waals surface area contributed by atoms with Crippen molar-refractivity contribution in [3.63, 3.8) is 0 Å². The molecule has 3 saturated heterocycles. The zero-order chi connectivity index (χ0) is 15.4. The molecule has 3 fully saturated rings. The van der Waals surface area contributed by atoms with Gasteiger partial charge in [0.1, 0.15) is 24.9 Å². The molecule has 9 heteroatoms. The van der Waals surface area contributed by atoms with E-state index < -0.39 is 51.7 Å². The van der Waals surface area contributed by atoms with E-state index in [0.717, 1.165) is 0 Å². The molecule has 3 aliphatic heterocycles. The molecule has 3 rings (SSSR count). The molecular formula is C12H15NO7S. The number of carbonyl (C=O) groups excluding carboxylic acids is 2. The Bertz CT molecular complexity index is 611. The number of amides is 1. The number of ether oxygens (including phenoxy) is 2. The summed E-state index contributed by atoms with van der Waals surface area (Å²) in [6, 6.07) is 0. The first-order valence-electron chi connectivity index (χ1n) is 6.50. The van der Waals surface area contributed by atoms with Crippen LogP contribution in [0.3, 0.4) is 0 Å². The molecule has 8 nitrogen and oxygen atoms in total. The summed E-state index contributed by atoms with van der Waals surface area (Å²) < 4.78 is 39.3. The van der Waals surface area contributed by atoms with Gasteiger partial charge >= 0.3 is 5.97 Å². The summed E-state index contributed by atoms with van der Waals surface area (Å²) in [7, 11) is -3.77. The number of carbonyl (C=O) groups is 2. The summed E-state index contributed by atoms with van der Waals surface area (Å²) >= 11 is 0. The van der Waals surface area contributed by atoms with E-state index in [-0.39, 0.29) is 12.1 Å². The molecular weight excluding hydrogens is 302 g/mol. The van der Waals surface area contributed by atoms with Crippen LogP contribution >= 0.6 is 0 Å². The van der Waals surface area contributed by atoms with Gasteiger partial charge in [-0.25, -0.2) is 0 Å². The van der Waals surface area contributed by atoms with Crippen LogP contribution in [0.5, 0.6) is 0 Å². The van der Waals surface area contributed by atoms with Crippen molar-refractivity contribution in [3.8, 4) is 0 Å². The summed E-state index contributed by atoms with van der Waals surface area (Å²) in [4.78, 5) is 23.0. The van der Waals surface area contributed by atoms with Crippen molar-refractivity contribution in [3.05, 3.63) is 12.2 Å². The Hall–Kier alpha value is -1.45. The summed E-state index contributed by atoms with van der Waals surface area (Å²) in [6.45, 7) is 4.59. The molecule has 0 aliphatic carbocycles. The highest BCUT2D eigenvalue weighted by atomic mass is 32.2. The van der Waals surface area contributed by atoms with Gasteiger partial charge in [-0.15, -0.1) is 0 Å². The van der Waals surface area contributed by atoms with Gasteiger partial charge in [0.25, 0.3) is 10.1 Å². The van der Waals surface area contributed by atoms with Crippen molar-refractivity contribution >= 4 is 22.0 Å². The summed E-state index contributed by atoms with van der Waals surface area (Å²) in [5, 5.41) is 1.36. The smallest absolute Gasteiger partial charge is 0.325 e. The van der Waals surface area contributed by atoms with Crippen molar-refractivity contribution in [2.24, 2.45) is 0 Å². The van der Waals surface area contributed by atoms with Gasteiger partial charge in [0.2, 0.25) is 5.91 Å². The monoisotopic (exact) mass is 317 g/mol. The predicted octanol–water partition coefficient (Wildman–Crippen LogP) is -1.14. The van der Waals surface area contributed by atoms with E-state index in [4.69, 9.17) is 13.7 Å². The number of hydrogen-bond acceptors (Lipinski definition) is 7. The van der Waals surface area contributed by atoms with Crippen LogP contribution in [0.25, 0.3) is 0 Å². The van der Waals surface area contributed by atoms with E-state index in [1.54, 1.807) is 0 Å². The largest absolute Gasteiger partial charge is 0.457 e. The van der Waals surface area contributed by atoms with Crippen molar-refractivity contribution in [2.45, 2.75) is 43.0 Å². The minimum absolute atomic E-state index is 0.265. The van der Waals surface area contributed by atoms with Crippen LogP contribution in [0.2, 0.25) is 0 Å². The van der Waals surface area contributed by atoms with Gasteiger partial charge in [0, 0.05) is 12.0 Å². The first-order chi connectivity index (χ1) is 9.79. The van der Waals surface area contributed by atoms with Crippen molar-refractivity contribution in [2.75, 3.05) is 6.54 Å². The normalized spacial score (nSPS) is 38.2. The molecule has 0 saturated carbocycles. The van der Waals surface area contributed by atoms with Gasteiger partial charge in [0.15, 0.2) is 5.25 Å². The summed E-state index contributed by atoms with van der Waals surface area (Å²) in [5.74, 6) is -1.18. The van der Waals surface area contributed by atoms with Crippen molar-refractivity contribution < 1.29 is 31.7 Å². The first-order valence-corrected chi connectivity index (χ1v) is 7.97. The van der Waals surface area contributed by atoms with E-state index in [1.165, 1.54) is 6.92 Å². The molecule has 116 valence electrons. The Morgan fingerprint density at radius 3 is 2.76 bits per heavy atom. The average molecular weight is 317 g/mol. The highest BCUT2D eigenvalue weighted by Crippen LogP contribution is 2.47. The number of hydrogen-bond donors (Lipinski definition) is 1. The highest BCUT2D eigenvalue weighted by Gasteiger charge is 2.67. The third kappa shape index (κ3) is 2.34. The minimum Gasteiger partial charge on any atom is -0.457 e. The molecule has 21 heavy (non-hydrogen) atoms. The fourth-order valence-electron chi connectivity index (χ4n) is 2.91. The van der Waals surface area contributed by atoms with Crippen LogP contribution in [0.15, 0.2) is 12.2 Å². The van der Waals surface area contributed by atoms with Gasteiger partial charge in [-0.3, -0.25) is 13.8 Å². The van der Waals surface area contributed by atoms with Crippen LogP contribution in [0, 0.1) is 0 Å². The highest BCUT2D eigenvalue weighted by molar-refractivity contribution is 7.87. The maximum Gasteiger partial charge on any atom is 0.325 e. The predicted molar refractivity (Wildman–Crippen MR) is 68.6 cm³/mol. The lowest BCUT2D eigenvalue weighted by atomic mass is 9.95. The molecule has 5 unspecified atom stereocenters. The Morgan fingerprint density at radius 2 is 2.10 bits per heavy atom. The molecule has 0 aromatic heterocycles. The minimum atomic E-state index is -3.77. The first kappa shape index (κ1) is 14.5. The quantitative estimate of drug-likeness (QED) is 0.396. The standard InChI is InChI=1S/C12H15NO7S/c1-5(2)12(15)13-4-8(14)19-9-6-3-7-10(18-6)11(9)21(16,17)20-7/h6-7,9-11H,1,3-4H2,2H3,(H,13,15). The van der Waals surface area contributed by atoms with Crippen LogP contribution in [0.4, 0.5) is 0 Å². The fourth-order valence-corrected chi connectivity index (χ4v) is 4.69. The van der Waals surface area contributed by atoms with E-state index in [1.807, 2.05) is 0 Å². The second-order valence-corrected chi connectivity index (χ2v) is 7.11. The number of nitrogens with one attached hydrogen (secondary N) is 1. The third-order valence-corrected chi connectivity index (χ3v) is 5.54. The van der Waals surface area contributed by atoms with Crippen LogP contribution < -0.4 is 5.32 Å². The molecule has 1 N–H and O–H groups in total. The van der Waals surface area contributed by atoms with Crippen LogP contribution in [-0.2, 0) is 33.4 Å². The summed E-state index contributed by atoms with van der Waals surface area (Å²) in [5.41, 5.74) is 0.265. The third-order valence-electron chi connectivity index (χ3n) is 3.82. The lowest BCUT2D eigenvalue weighted by molar-refractivity contribution is -0.151. The SMILES string of the molecule is C=C(C)C(=O)NCC(=O)OC1C2CC3OS(=O)(=O)C1C3O2. The molecule has 1 amide bonds. The molecule has 3 heterocycles. The number of rotatable bonds is 4. The molecule has 5 atom stereocenters. The number of esters is 1. The van der Waals surface area contributed by atoms with Gasteiger partial charge in [-0.05, 0) is 6.92 Å². The van der Waals surface area contributed by atoms with Crippen LogP contribution in [-0.4, -0.2) is 56.5 Å². The van der Waals surface area contributed by atoms with Gasteiger partial charge in [-0.1, -0.05) is 6.58 Å². The Morgan fingerprint density at radius 1 is 1.38 bits per heavy atom. The fraction of sp³-hybridized carbons (Fsp3) is 0.667. The molecule has 2 bridgehead atoms. The second kappa shape index (κ2) is 4.79. The summed E-state index contributed by atoms with van der Waals surface area (Å²) in [6.07, 6.45) is -2.00.